The summed E-state index contributed by atoms with van der Waals surface area (Å²) in [5, 5.41) is 3.18. The number of methoxy groups -OCH3 is 1. The number of halogens is 1. The van der Waals surface area contributed by atoms with Gasteiger partial charge in [-0.05, 0) is 56.6 Å². The van der Waals surface area contributed by atoms with E-state index in [0.717, 1.165) is 30.8 Å². The third-order valence-electron chi connectivity index (χ3n) is 3.75. The second kappa shape index (κ2) is 10.3. The molecule has 1 aromatic carbocycles. The number of rotatable bonds is 7. The van der Waals surface area contributed by atoms with Crippen LogP contribution in [0.2, 0.25) is 0 Å². The first-order chi connectivity index (χ1) is 10.3. The lowest BCUT2D eigenvalue weighted by atomic mass is 10.2. The van der Waals surface area contributed by atoms with E-state index >= 15 is 0 Å². The fraction of sp³-hybridized carbons (Fsp3) is 0.562. The zero-order chi connectivity index (χ0) is 14.9. The van der Waals surface area contributed by atoms with Crippen molar-refractivity contribution in [2.45, 2.75) is 25.8 Å². The van der Waals surface area contributed by atoms with Crippen LogP contribution in [0.15, 0.2) is 29.3 Å². The molecule has 5 nitrogen and oxygen atoms in total. The van der Waals surface area contributed by atoms with E-state index in [4.69, 9.17) is 10.5 Å². The molecule has 0 atom stereocenters. The van der Waals surface area contributed by atoms with E-state index in [2.05, 4.69) is 15.2 Å². The number of hydrogen-bond acceptors (Lipinski definition) is 3. The fourth-order valence-electron chi connectivity index (χ4n) is 2.49. The Morgan fingerprint density at radius 1 is 1.27 bits per heavy atom. The Kier molecular flexibility index (Phi) is 8.70. The van der Waals surface area contributed by atoms with E-state index in [1.54, 1.807) is 7.11 Å². The van der Waals surface area contributed by atoms with Gasteiger partial charge in [-0.25, -0.2) is 4.99 Å². The van der Waals surface area contributed by atoms with Crippen molar-refractivity contribution in [3.63, 3.8) is 0 Å². The van der Waals surface area contributed by atoms with Crippen molar-refractivity contribution in [1.82, 2.24) is 10.2 Å². The molecule has 1 aliphatic rings. The molecule has 0 aromatic heterocycles. The van der Waals surface area contributed by atoms with Gasteiger partial charge in [-0.1, -0.05) is 12.1 Å². The number of nitrogens with one attached hydrogen (secondary N) is 1. The van der Waals surface area contributed by atoms with Gasteiger partial charge in [-0.3, -0.25) is 0 Å². The lowest BCUT2D eigenvalue weighted by Gasteiger charge is -2.14. The van der Waals surface area contributed by atoms with Gasteiger partial charge in [0.2, 0.25) is 0 Å². The molecule has 124 valence electrons. The molecule has 0 aliphatic carbocycles. The van der Waals surface area contributed by atoms with E-state index in [9.17, 15) is 0 Å². The summed E-state index contributed by atoms with van der Waals surface area (Å²) in [5.74, 6) is 1.38. The van der Waals surface area contributed by atoms with Crippen molar-refractivity contribution in [3.8, 4) is 5.75 Å². The lowest BCUT2D eigenvalue weighted by molar-refractivity contribution is 0.334. The predicted molar refractivity (Wildman–Crippen MR) is 93.9 cm³/mol. The van der Waals surface area contributed by atoms with Crippen LogP contribution < -0.4 is 15.8 Å². The number of hydrogen-bond donors (Lipinski definition) is 2. The number of nitrogens with two attached hydrogens (primary N) is 1. The summed E-state index contributed by atoms with van der Waals surface area (Å²) in [6.07, 6.45) is 3.80. The fourth-order valence-corrected chi connectivity index (χ4v) is 2.49. The molecule has 2 rings (SSSR count). The van der Waals surface area contributed by atoms with Crippen LogP contribution >= 0.6 is 12.4 Å². The van der Waals surface area contributed by atoms with Gasteiger partial charge >= 0.3 is 0 Å². The highest BCUT2D eigenvalue weighted by Gasteiger charge is 2.09. The minimum atomic E-state index is 0. The van der Waals surface area contributed by atoms with Crippen LogP contribution in [0.5, 0.6) is 5.75 Å². The van der Waals surface area contributed by atoms with Crippen LogP contribution in [0.3, 0.4) is 0 Å². The molecule has 6 heteroatoms. The Hall–Kier alpha value is -1.46. The monoisotopic (exact) mass is 326 g/mol. The van der Waals surface area contributed by atoms with Crippen molar-refractivity contribution in [3.05, 3.63) is 29.8 Å². The normalized spacial score (nSPS) is 15.4. The molecule has 1 fully saturated rings. The molecule has 1 aliphatic heterocycles. The Morgan fingerprint density at radius 2 is 1.95 bits per heavy atom. The predicted octanol–water partition coefficient (Wildman–Crippen LogP) is 2.01. The molecule has 0 bridgehead atoms. The lowest BCUT2D eigenvalue weighted by Crippen LogP contribution is -2.34. The Morgan fingerprint density at radius 3 is 2.59 bits per heavy atom. The number of nitrogens with zero attached hydrogens (tertiary/aromatic N) is 2. The van der Waals surface area contributed by atoms with Gasteiger partial charge in [0.1, 0.15) is 5.75 Å². The Labute approximate surface area is 139 Å². The summed E-state index contributed by atoms with van der Waals surface area (Å²) in [6.45, 7) is 5.13. The van der Waals surface area contributed by atoms with Crippen LogP contribution in [0, 0.1) is 0 Å². The first-order valence-corrected chi connectivity index (χ1v) is 7.67. The molecule has 1 heterocycles. The van der Waals surface area contributed by atoms with Crippen molar-refractivity contribution in [2.75, 3.05) is 33.3 Å². The highest BCUT2D eigenvalue weighted by molar-refractivity contribution is 5.85. The topological polar surface area (TPSA) is 62.9 Å². The van der Waals surface area contributed by atoms with E-state index < -0.39 is 0 Å². The average Bonchev–Trinajstić information content (AvgIpc) is 3.03. The van der Waals surface area contributed by atoms with Crippen molar-refractivity contribution < 1.29 is 4.74 Å². The van der Waals surface area contributed by atoms with Gasteiger partial charge in [0.15, 0.2) is 5.96 Å². The number of ether oxygens (including phenoxy) is 1. The van der Waals surface area contributed by atoms with Gasteiger partial charge in [-0.2, -0.15) is 0 Å². The quantitative estimate of drug-likeness (QED) is 0.457. The largest absolute Gasteiger partial charge is 0.497 e. The molecule has 0 saturated carbocycles. The van der Waals surface area contributed by atoms with Gasteiger partial charge in [0.25, 0.3) is 0 Å². The van der Waals surface area contributed by atoms with Crippen LogP contribution in [0.4, 0.5) is 0 Å². The number of benzene rings is 1. The molecule has 0 radical (unpaired) electrons. The summed E-state index contributed by atoms with van der Waals surface area (Å²) in [4.78, 5) is 6.85. The SMILES string of the molecule is COc1ccc(CN=C(N)NCCCN2CCCC2)cc1.Cl. The Bertz CT molecular complexity index is 444. The third-order valence-corrected chi connectivity index (χ3v) is 3.75. The van der Waals surface area contributed by atoms with Gasteiger partial charge in [-0.15, -0.1) is 12.4 Å². The number of likely N-dealkylation sites (tertiary alicyclic amines) is 1. The zero-order valence-corrected chi connectivity index (χ0v) is 14.1. The first kappa shape index (κ1) is 18.6. The van der Waals surface area contributed by atoms with Crippen molar-refractivity contribution >= 4 is 18.4 Å². The van der Waals surface area contributed by atoms with Crippen molar-refractivity contribution in [1.29, 1.82) is 0 Å². The molecular weight excluding hydrogens is 300 g/mol. The maximum Gasteiger partial charge on any atom is 0.188 e. The second-order valence-corrected chi connectivity index (χ2v) is 5.38. The minimum absolute atomic E-state index is 0. The van der Waals surface area contributed by atoms with E-state index in [-0.39, 0.29) is 12.4 Å². The van der Waals surface area contributed by atoms with E-state index in [0.29, 0.717) is 12.5 Å². The summed E-state index contributed by atoms with van der Waals surface area (Å²) >= 11 is 0. The van der Waals surface area contributed by atoms with Gasteiger partial charge in [0.05, 0.1) is 13.7 Å². The molecular formula is C16H27ClN4O. The standard InChI is InChI=1S/C16H26N4O.ClH/c1-21-15-7-5-14(6-8-15)13-19-16(17)18-9-4-12-20-10-2-3-11-20;/h5-8H,2-4,9-13H2,1H3,(H3,17,18,19);1H. The second-order valence-electron chi connectivity index (χ2n) is 5.38. The number of aliphatic imine (C=N–C) groups is 1. The van der Waals surface area contributed by atoms with Crippen LogP contribution in [-0.2, 0) is 6.54 Å². The third kappa shape index (κ3) is 6.54. The molecule has 0 unspecified atom stereocenters. The van der Waals surface area contributed by atoms with Crippen LogP contribution in [-0.4, -0.2) is 44.1 Å². The van der Waals surface area contributed by atoms with Gasteiger partial charge < -0.3 is 20.7 Å². The smallest absolute Gasteiger partial charge is 0.188 e. The van der Waals surface area contributed by atoms with Gasteiger partial charge in [0, 0.05) is 6.54 Å². The molecule has 22 heavy (non-hydrogen) atoms. The molecule has 0 spiro atoms. The van der Waals surface area contributed by atoms with E-state index in [1.165, 1.54) is 25.9 Å². The maximum absolute atomic E-state index is 5.87. The maximum atomic E-state index is 5.87. The molecule has 3 N–H and O–H groups in total. The van der Waals surface area contributed by atoms with Crippen molar-refractivity contribution in [2.24, 2.45) is 10.7 Å². The number of guanidine groups is 1. The molecule has 0 amide bonds. The minimum Gasteiger partial charge on any atom is -0.497 e. The highest BCUT2D eigenvalue weighted by Crippen LogP contribution is 2.11. The molecule has 1 aromatic rings. The van der Waals surface area contributed by atoms with E-state index in [1.807, 2.05) is 24.3 Å². The summed E-state index contributed by atoms with van der Waals surface area (Å²) in [6, 6.07) is 7.88. The first-order valence-electron chi connectivity index (χ1n) is 7.67. The summed E-state index contributed by atoms with van der Waals surface area (Å²) in [5.41, 5.74) is 7.00. The zero-order valence-electron chi connectivity index (χ0n) is 13.3. The summed E-state index contributed by atoms with van der Waals surface area (Å²) < 4.78 is 5.13. The highest BCUT2D eigenvalue weighted by atomic mass is 35.5. The average molecular weight is 327 g/mol. The van der Waals surface area contributed by atoms with Crippen LogP contribution in [0.25, 0.3) is 0 Å². The van der Waals surface area contributed by atoms with Crippen LogP contribution in [0.1, 0.15) is 24.8 Å². The Balaban J connectivity index is 0.00000242. The summed E-state index contributed by atoms with van der Waals surface area (Å²) in [7, 11) is 1.66. The molecule has 1 saturated heterocycles.